The largest absolute Gasteiger partial charge is 0.418 e. The third-order valence-corrected chi connectivity index (χ3v) is 11.9. The number of fused-ring (bicyclic) bond motifs is 2. The van der Waals surface area contributed by atoms with Gasteiger partial charge in [0.05, 0.1) is 21.1 Å². The molecule has 0 unspecified atom stereocenters. The van der Waals surface area contributed by atoms with Crippen LogP contribution in [0.4, 0.5) is 11.4 Å². The van der Waals surface area contributed by atoms with Crippen LogP contribution < -0.4 is 25.4 Å². The third-order valence-electron chi connectivity index (χ3n) is 7.76. The highest BCUT2D eigenvalue weighted by Gasteiger charge is 2.23. The lowest BCUT2D eigenvalue weighted by atomic mass is 10.2. The van der Waals surface area contributed by atoms with E-state index in [-0.39, 0.29) is 59.7 Å². The molecule has 2 N–H and O–H groups in total. The van der Waals surface area contributed by atoms with Crippen molar-refractivity contribution in [2.45, 2.75) is 20.4 Å². The first-order valence-corrected chi connectivity index (χ1v) is 20.4. The number of nitro groups is 1. The van der Waals surface area contributed by atoms with Gasteiger partial charge in [-0.05, 0) is 60.7 Å². The van der Waals surface area contributed by atoms with Crippen molar-refractivity contribution in [2.75, 3.05) is 5.73 Å². The van der Waals surface area contributed by atoms with Crippen molar-refractivity contribution in [1.29, 1.82) is 0 Å². The van der Waals surface area contributed by atoms with Crippen LogP contribution in [-0.4, -0.2) is 30.2 Å². The highest BCUT2D eigenvalue weighted by Crippen LogP contribution is 2.30. The molecule has 7 aromatic rings. The Morgan fingerprint density at radius 2 is 1.04 bits per heavy atom. The lowest BCUT2D eigenvalue weighted by molar-refractivity contribution is -0.384. The minimum absolute atomic E-state index is 0.00444. The molecule has 0 aliphatic heterocycles. The molecule has 0 aliphatic rings. The van der Waals surface area contributed by atoms with Gasteiger partial charge in [0, 0.05) is 22.9 Å². The molecule has 286 valence electrons. The Morgan fingerprint density at radius 3 is 1.52 bits per heavy atom. The second kappa shape index (κ2) is 15.5. The molecule has 19 heteroatoms. The van der Waals surface area contributed by atoms with Crippen LogP contribution in [0.2, 0.25) is 0 Å². The van der Waals surface area contributed by atoms with Gasteiger partial charge in [-0.25, -0.2) is 18.0 Å². The second-order valence-electron chi connectivity index (χ2n) is 11.6. The molecule has 16 nitrogen and oxygen atoms in total. The molecule has 0 saturated carbocycles. The van der Waals surface area contributed by atoms with Crippen molar-refractivity contribution < 1.29 is 47.4 Å². The molecule has 0 amide bonds. The maximum Gasteiger partial charge on any atom is 0.359 e. The number of anilines is 1. The van der Waals surface area contributed by atoms with Gasteiger partial charge >= 0.3 is 31.5 Å². The predicted molar refractivity (Wildman–Crippen MR) is 202 cm³/mol. The van der Waals surface area contributed by atoms with Gasteiger partial charge in [-0.1, -0.05) is 60.7 Å². The number of nitrogens with zero attached hydrogens (tertiary/aromatic N) is 1. The van der Waals surface area contributed by atoms with E-state index in [1.807, 2.05) is 0 Å². The Kier molecular flexibility index (Phi) is 10.8. The average Bonchev–Trinajstić information content (AvgIpc) is 3.17. The minimum atomic E-state index is -4.21. The van der Waals surface area contributed by atoms with Gasteiger partial charge in [-0.2, -0.15) is 16.8 Å². The van der Waals surface area contributed by atoms with Gasteiger partial charge in [0.1, 0.15) is 15.5 Å². The van der Waals surface area contributed by atoms with Gasteiger partial charge in [-0.15, -0.1) is 0 Å². The summed E-state index contributed by atoms with van der Waals surface area (Å²) in [6.07, 6.45) is 0. The zero-order valence-corrected chi connectivity index (χ0v) is 30.8. The summed E-state index contributed by atoms with van der Waals surface area (Å²) in [5.74, 6) is -1.03. The molecule has 5 aromatic carbocycles. The first kappa shape index (κ1) is 38.9. The summed E-state index contributed by atoms with van der Waals surface area (Å²) >= 11 is 0. The van der Waals surface area contributed by atoms with E-state index in [4.69, 9.17) is 22.9 Å². The number of hydrogen-bond acceptors (Lipinski definition) is 15. The van der Waals surface area contributed by atoms with Crippen molar-refractivity contribution >= 4 is 63.4 Å². The van der Waals surface area contributed by atoms with E-state index in [0.29, 0.717) is 5.39 Å². The van der Waals surface area contributed by atoms with E-state index in [1.54, 1.807) is 36.4 Å². The van der Waals surface area contributed by atoms with Crippen molar-refractivity contribution in [1.82, 2.24) is 0 Å². The van der Waals surface area contributed by atoms with Crippen LogP contribution in [0, 0.1) is 10.1 Å². The molecule has 0 bridgehead atoms. The van der Waals surface area contributed by atoms with E-state index >= 15 is 0 Å². The van der Waals surface area contributed by atoms with Crippen LogP contribution in [0.25, 0.3) is 21.9 Å². The quantitative estimate of drug-likeness (QED) is 0.0765. The standard InChI is InChI=1S/C22H15NO9S2.C15H11NO5S/c24-22-16(14-33(27,28)18-11-9-17(10-12-18)23(25)26)13-15-5-4-8-20(21(15)31-22)32-34(29,30)19-6-2-1-3-7-19;16-12-9-10-5-4-8-13(14(10)20-15(12)17)21-22(18,19)11-6-2-1-3-7-11/h1-13H,14H2;1-9H,16H2. The molecule has 0 aliphatic carbocycles. The lowest BCUT2D eigenvalue weighted by Crippen LogP contribution is -2.14. The van der Waals surface area contributed by atoms with Crippen LogP contribution in [-0.2, 0) is 35.8 Å². The highest BCUT2D eigenvalue weighted by molar-refractivity contribution is 7.90. The summed E-state index contributed by atoms with van der Waals surface area (Å²) in [7, 11) is -12.3. The Hall–Kier alpha value is -6.83. The van der Waals surface area contributed by atoms with Crippen LogP contribution in [0.3, 0.4) is 0 Å². The number of non-ortho nitro benzene ring substituents is 1. The first-order chi connectivity index (χ1) is 26.5. The Bertz CT molecular complexity index is 3060. The summed E-state index contributed by atoms with van der Waals surface area (Å²) < 4.78 is 95.5. The fraction of sp³-hybridized carbons (Fsp3) is 0.0270. The van der Waals surface area contributed by atoms with Gasteiger partial charge in [0.15, 0.2) is 32.5 Å². The van der Waals surface area contributed by atoms with E-state index < -0.39 is 52.0 Å². The minimum Gasteiger partial charge on any atom is -0.418 e. The number of nitrogens with two attached hydrogens (primary N) is 1. The Labute approximate surface area is 317 Å². The zero-order chi connectivity index (χ0) is 40.3. The maximum absolute atomic E-state index is 12.7. The average molecular weight is 819 g/mol. The van der Waals surface area contributed by atoms with Gasteiger partial charge in [-0.3, -0.25) is 10.1 Å². The third kappa shape index (κ3) is 8.59. The molecule has 56 heavy (non-hydrogen) atoms. The van der Waals surface area contributed by atoms with Gasteiger partial charge in [0.2, 0.25) is 0 Å². The number of sulfone groups is 1. The van der Waals surface area contributed by atoms with Crippen LogP contribution >= 0.6 is 0 Å². The molecule has 2 heterocycles. The highest BCUT2D eigenvalue weighted by atomic mass is 32.2. The SMILES string of the molecule is Nc1cc2cccc(OS(=O)(=O)c3ccccc3)c2oc1=O.O=c1oc2c(OS(=O)(=O)c3ccccc3)cccc2cc1CS(=O)(=O)c1ccc([N+](=O)[O-])cc1. The van der Waals surface area contributed by atoms with E-state index in [2.05, 4.69) is 0 Å². The number of para-hydroxylation sites is 2. The Morgan fingerprint density at radius 1 is 0.571 bits per heavy atom. The van der Waals surface area contributed by atoms with Crippen molar-refractivity contribution in [3.63, 3.8) is 0 Å². The van der Waals surface area contributed by atoms with Gasteiger partial charge < -0.3 is 22.9 Å². The molecular formula is C37H26N2O14S3. The molecule has 7 rings (SSSR count). The van der Waals surface area contributed by atoms with E-state index in [9.17, 15) is 45.0 Å². The molecule has 0 spiro atoms. The molecule has 2 aromatic heterocycles. The molecule has 0 radical (unpaired) electrons. The number of rotatable bonds is 10. The first-order valence-electron chi connectivity index (χ1n) is 15.9. The van der Waals surface area contributed by atoms with Crippen LogP contribution in [0.15, 0.2) is 167 Å². The Balaban J connectivity index is 0.000000208. The fourth-order valence-electron chi connectivity index (χ4n) is 5.10. The number of nitrogen functional groups attached to an aromatic ring is 1. The summed E-state index contributed by atoms with van der Waals surface area (Å²) in [5, 5.41) is 11.5. The van der Waals surface area contributed by atoms with Crippen LogP contribution in [0.5, 0.6) is 11.5 Å². The van der Waals surface area contributed by atoms with Crippen LogP contribution in [0.1, 0.15) is 5.56 Å². The molecule has 0 saturated heterocycles. The summed E-state index contributed by atoms with van der Waals surface area (Å²) in [4.78, 5) is 33.9. The van der Waals surface area contributed by atoms with E-state index in [1.165, 1.54) is 72.8 Å². The smallest absolute Gasteiger partial charge is 0.359 e. The monoisotopic (exact) mass is 818 g/mol. The van der Waals surface area contributed by atoms with Crippen molar-refractivity contribution in [2.24, 2.45) is 0 Å². The summed E-state index contributed by atoms with van der Waals surface area (Å²) in [6, 6.07) is 30.9. The number of hydrogen-bond donors (Lipinski definition) is 1. The second-order valence-corrected chi connectivity index (χ2v) is 16.7. The number of nitro benzene ring substituents is 1. The zero-order valence-electron chi connectivity index (χ0n) is 28.4. The molecule has 0 atom stereocenters. The lowest BCUT2D eigenvalue weighted by Gasteiger charge is -2.09. The van der Waals surface area contributed by atoms with E-state index in [0.717, 1.165) is 24.3 Å². The maximum atomic E-state index is 12.7. The fourth-order valence-corrected chi connectivity index (χ4v) is 8.33. The van der Waals surface area contributed by atoms with Crippen molar-refractivity contribution in [3.8, 4) is 11.5 Å². The topological polar surface area (TPSA) is 250 Å². The predicted octanol–water partition coefficient (Wildman–Crippen LogP) is 5.59. The molecular weight excluding hydrogens is 793 g/mol. The normalized spacial score (nSPS) is 11.7. The van der Waals surface area contributed by atoms with Crippen molar-refractivity contribution in [3.05, 3.63) is 170 Å². The van der Waals surface area contributed by atoms with Gasteiger partial charge in [0.25, 0.3) is 5.69 Å². The summed E-state index contributed by atoms with van der Waals surface area (Å²) in [6.45, 7) is 0. The summed E-state index contributed by atoms with van der Waals surface area (Å²) in [5.41, 5.74) is 3.08. The number of benzene rings is 5. The molecule has 0 fully saturated rings.